The van der Waals surface area contributed by atoms with Crippen LogP contribution in [0.4, 0.5) is 0 Å². The average molecular weight is 235 g/mol. The summed E-state index contributed by atoms with van der Waals surface area (Å²) >= 11 is 0. The van der Waals surface area contributed by atoms with E-state index in [1.807, 2.05) is 24.3 Å². The van der Waals surface area contributed by atoms with Crippen LogP contribution in [-0.2, 0) is 0 Å². The second-order valence-corrected chi connectivity index (χ2v) is 4.38. The summed E-state index contributed by atoms with van der Waals surface area (Å²) in [7, 11) is 0. The van der Waals surface area contributed by atoms with Gasteiger partial charge >= 0.3 is 0 Å². The van der Waals surface area contributed by atoms with E-state index in [4.69, 9.17) is 9.47 Å². The summed E-state index contributed by atoms with van der Waals surface area (Å²) < 4.78 is 11.7. The molecule has 0 bridgehead atoms. The molecule has 0 saturated heterocycles. The molecule has 1 aromatic rings. The minimum Gasteiger partial charge on any atom is -0.486 e. The number of hydrogen-bond acceptors (Lipinski definition) is 3. The van der Waals surface area contributed by atoms with E-state index in [2.05, 4.69) is 19.2 Å². The molecule has 2 rings (SSSR count). The average Bonchev–Trinajstić information content (AvgIpc) is 2.39. The molecule has 1 heterocycles. The summed E-state index contributed by atoms with van der Waals surface area (Å²) in [6.45, 7) is 6.01. The lowest BCUT2D eigenvalue weighted by Gasteiger charge is -2.32. The fraction of sp³-hybridized carbons (Fsp3) is 0.571. The first-order chi connectivity index (χ1) is 8.35. The number of rotatable bonds is 5. The molecule has 1 aliphatic heterocycles. The third-order valence-electron chi connectivity index (χ3n) is 3.08. The van der Waals surface area contributed by atoms with Gasteiger partial charge in [0.05, 0.1) is 0 Å². The van der Waals surface area contributed by atoms with E-state index >= 15 is 0 Å². The lowest BCUT2D eigenvalue weighted by Crippen LogP contribution is -2.47. The normalized spacial score (nSPS) is 20.0. The predicted octanol–water partition coefficient (Wildman–Crippen LogP) is 2.60. The molecule has 1 N–H and O–H groups in total. The van der Waals surface area contributed by atoms with Crippen LogP contribution in [0.25, 0.3) is 0 Å². The van der Waals surface area contributed by atoms with E-state index < -0.39 is 0 Å². The van der Waals surface area contributed by atoms with Crippen molar-refractivity contribution in [3.63, 3.8) is 0 Å². The number of ether oxygens (including phenoxy) is 2. The molecule has 17 heavy (non-hydrogen) atoms. The van der Waals surface area contributed by atoms with Gasteiger partial charge in [-0.05, 0) is 31.5 Å². The van der Waals surface area contributed by atoms with E-state index in [0.29, 0.717) is 12.6 Å². The maximum Gasteiger partial charge on any atom is 0.161 e. The van der Waals surface area contributed by atoms with Crippen molar-refractivity contribution in [3.05, 3.63) is 24.3 Å². The quantitative estimate of drug-likeness (QED) is 0.851. The molecule has 0 aliphatic carbocycles. The van der Waals surface area contributed by atoms with Crippen molar-refractivity contribution in [2.75, 3.05) is 13.2 Å². The fourth-order valence-corrected chi connectivity index (χ4v) is 2.10. The standard InChI is InChI=1S/C14H21NO2/c1-3-9-15-11(4-2)14-10-16-12-7-5-6-8-13(12)17-14/h5-8,11,14-15H,3-4,9-10H2,1-2H3. The van der Waals surface area contributed by atoms with Gasteiger partial charge in [0.15, 0.2) is 11.5 Å². The van der Waals surface area contributed by atoms with Crippen molar-refractivity contribution in [2.24, 2.45) is 0 Å². The van der Waals surface area contributed by atoms with E-state index in [-0.39, 0.29) is 6.10 Å². The Morgan fingerprint density at radius 1 is 1.29 bits per heavy atom. The zero-order chi connectivity index (χ0) is 12.1. The lowest BCUT2D eigenvalue weighted by atomic mass is 10.1. The Bertz CT molecular complexity index is 354. The van der Waals surface area contributed by atoms with Crippen molar-refractivity contribution < 1.29 is 9.47 Å². The molecule has 0 amide bonds. The number of para-hydroxylation sites is 2. The summed E-state index contributed by atoms with van der Waals surface area (Å²) in [4.78, 5) is 0. The van der Waals surface area contributed by atoms with Gasteiger partial charge in [0.1, 0.15) is 12.7 Å². The summed E-state index contributed by atoms with van der Waals surface area (Å²) in [6, 6.07) is 8.23. The van der Waals surface area contributed by atoms with Gasteiger partial charge in [0, 0.05) is 6.04 Å². The molecule has 94 valence electrons. The molecule has 1 aliphatic rings. The zero-order valence-corrected chi connectivity index (χ0v) is 10.6. The monoisotopic (exact) mass is 235 g/mol. The Morgan fingerprint density at radius 2 is 2.06 bits per heavy atom. The smallest absolute Gasteiger partial charge is 0.161 e. The van der Waals surface area contributed by atoms with Crippen LogP contribution in [-0.4, -0.2) is 25.3 Å². The third kappa shape index (κ3) is 2.91. The molecule has 2 unspecified atom stereocenters. The molecule has 3 nitrogen and oxygen atoms in total. The van der Waals surface area contributed by atoms with E-state index in [9.17, 15) is 0 Å². The minimum atomic E-state index is 0.112. The van der Waals surface area contributed by atoms with Crippen molar-refractivity contribution in [3.8, 4) is 11.5 Å². The lowest BCUT2D eigenvalue weighted by molar-refractivity contribution is 0.0609. The SMILES string of the molecule is CCCNC(CC)C1COc2ccccc2O1. The molecule has 0 fully saturated rings. The molecule has 3 heteroatoms. The van der Waals surface area contributed by atoms with Gasteiger partial charge < -0.3 is 14.8 Å². The fourth-order valence-electron chi connectivity index (χ4n) is 2.10. The van der Waals surface area contributed by atoms with Gasteiger partial charge in [-0.1, -0.05) is 26.0 Å². The van der Waals surface area contributed by atoms with Crippen LogP contribution in [0.15, 0.2) is 24.3 Å². The molecule has 2 atom stereocenters. The van der Waals surface area contributed by atoms with Gasteiger partial charge in [0.25, 0.3) is 0 Å². The maximum absolute atomic E-state index is 5.99. The summed E-state index contributed by atoms with van der Waals surface area (Å²) in [6.07, 6.45) is 2.30. The Kier molecular flexibility index (Phi) is 4.26. The van der Waals surface area contributed by atoms with Gasteiger partial charge in [-0.2, -0.15) is 0 Å². The molecule has 0 spiro atoms. The van der Waals surface area contributed by atoms with Crippen LogP contribution in [0.3, 0.4) is 0 Å². The van der Waals surface area contributed by atoms with Crippen LogP contribution in [0.1, 0.15) is 26.7 Å². The first-order valence-electron chi connectivity index (χ1n) is 6.47. The topological polar surface area (TPSA) is 30.5 Å². The first kappa shape index (κ1) is 12.2. The van der Waals surface area contributed by atoms with Crippen LogP contribution in [0.2, 0.25) is 0 Å². The number of hydrogen-bond donors (Lipinski definition) is 1. The van der Waals surface area contributed by atoms with Crippen molar-refractivity contribution in [1.29, 1.82) is 0 Å². The van der Waals surface area contributed by atoms with Gasteiger partial charge in [-0.25, -0.2) is 0 Å². The highest BCUT2D eigenvalue weighted by Crippen LogP contribution is 2.31. The van der Waals surface area contributed by atoms with Gasteiger partial charge in [-0.3, -0.25) is 0 Å². The zero-order valence-electron chi connectivity index (χ0n) is 10.6. The number of nitrogens with one attached hydrogen (secondary N) is 1. The predicted molar refractivity (Wildman–Crippen MR) is 68.7 cm³/mol. The molecule has 0 radical (unpaired) electrons. The number of benzene rings is 1. The minimum absolute atomic E-state index is 0.112. The Labute approximate surface area is 103 Å². The summed E-state index contributed by atoms with van der Waals surface area (Å²) in [5.41, 5.74) is 0. The van der Waals surface area contributed by atoms with Gasteiger partial charge in [-0.15, -0.1) is 0 Å². The molecule has 0 saturated carbocycles. The van der Waals surface area contributed by atoms with E-state index in [1.165, 1.54) is 0 Å². The van der Waals surface area contributed by atoms with Crippen LogP contribution < -0.4 is 14.8 Å². The van der Waals surface area contributed by atoms with Crippen LogP contribution >= 0.6 is 0 Å². The molecular formula is C14H21NO2. The summed E-state index contributed by atoms with van der Waals surface area (Å²) in [5.74, 6) is 1.72. The highest BCUT2D eigenvalue weighted by atomic mass is 16.6. The maximum atomic E-state index is 5.99. The second kappa shape index (κ2) is 5.92. The van der Waals surface area contributed by atoms with E-state index in [1.54, 1.807) is 0 Å². The van der Waals surface area contributed by atoms with Crippen LogP contribution in [0, 0.1) is 0 Å². The second-order valence-electron chi connectivity index (χ2n) is 4.38. The van der Waals surface area contributed by atoms with Gasteiger partial charge in [0.2, 0.25) is 0 Å². The highest BCUT2D eigenvalue weighted by Gasteiger charge is 2.27. The van der Waals surface area contributed by atoms with Crippen molar-refractivity contribution in [1.82, 2.24) is 5.32 Å². The van der Waals surface area contributed by atoms with E-state index in [0.717, 1.165) is 30.9 Å². The molecule has 0 aromatic heterocycles. The molecule has 1 aromatic carbocycles. The van der Waals surface area contributed by atoms with Crippen molar-refractivity contribution >= 4 is 0 Å². The third-order valence-corrected chi connectivity index (χ3v) is 3.08. The Hall–Kier alpha value is -1.22. The summed E-state index contributed by atoms with van der Waals surface area (Å²) in [5, 5.41) is 3.51. The van der Waals surface area contributed by atoms with Crippen LogP contribution in [0.5, 0.6) is 11.5 Å². The Balaban J connectivity index is 2.00. The largest absolute Gasteiger partial charge is 0.486 e. The van der Waals surface area contributed by atoms with Crippen molar-refractivity contribution in [2.45, 2.75) is 38.8 Å². The molecular weight excluding hydrogens is 214 g/mol. The number of fused-ring (bicyclic) bond motifs is 1. The first-order valence-corrected chi connectivity index (χ1v) is 6.47. The Morgan fingerprint density at radius 3 is 2.76 bits per heavy atom. The highest BCUT2D eigenvalue weighted by molar-refractivity contribution is 5.40.